The second-order valence-corrected chi connectivity index (χ2v) is 5.91. The standard InChI is InChI=1S/C19H20N4O2/c1-4-18(24)20-14-8-9-15(12(2)10-14)22-19(25)16-11-23-13(3)6-5-7-17(23)21-16/h5-11H,4H2,1-3H3,(H,20,24)(H,22,25). The van der Waals surface area contributed by atoms with E-state index in [2.05, 4.69) is 15.6 Å². The molecule has 0 aliphatic rings. The molecule has 3 rings (SSSR count). The number of hydrogen-bond acceptors (Lipinski definition) is 3. The number of carbonyl (C=O) groups is 2. The highest BCUT2D eigenvalue weighted by molar-refractivity contribution is 6.04. The largest absolute Gasteiger partial charge is 0.326 e. The molecule has 6 nitrogen and oxygen atoms in total. The maximum absolute atomic E-state index is 12.5. The van der Waals surface area contributed by atoms with Crippen LogP contribution in [0.3, 0.4) is 0 Å². The van der Waals surface area contributed by atoms with Crippen molar-refractivity contribution in [3.63, 3.8) is 0 Å². The second kappa shape index (κ2) is 6.76. The number of anilines is 2. The molecule has 128 valence electrons. The van der Waals surface area contributed by atoms with E-state index in [-0.39, 0.29) is 11.8 Å². The van der Waals surface area contributed by atoms with Crippen LogP contribution in [0.5, 0.6) is 0 Å². The Kier molecular flexibility index (Phi) is 4.52. The van der Waals surface area contributed by atoms with Gasteiger partial charge in [0.25, 0.3) is 5.91 Å². The van der Waals surface area contributed by atoms with Crippen molar-refractivity contribution >= 4 is 28.8 Å². The van der Waals surface area contributed by atoms with E-state index in [1.807, 2.05) is 42.5 Å². The second-order valence-electron chi connectivity index (χ2n) is 5.91. The molecule has 6 heteroatoms. The van der Waals surface area contributed by atoms with Gasteiger partial charge in [0, 0.05) is 29.7 Å². The van der Waals surface area contributed by atoms with Crippen molar-refractivity contribution in [2.45, 2.75) is 27.2 Å². The fourth-order valence-corrected chi connectivity index (χ4v) is 2.58. The molecule has 0 saturated carbocycles. The number of carbonyl (C=O) groups excluding carboxylic acids is 2. The van der Waals surface area contributed by atoms with Crippen LogP contribution in [-0.2, 0) is 4.79 Å². The van der Waals surface area contributed by atoms with Gasteiger partial charge in [-0.15, -0.1) is 0 Å². The monoisotopic (exact) mass is 336 g/mol. The minimum absolute atomic E-state index is 0.0451. The molecule has 0 radical (unpaired) electrons. The third-order valence-electron chi connectivity index (χ3n) is 4.01. The summed E-state index contributed by atoms with van der Waals surface area (Å²) in [7, 11) is 0. The summed E-state index contributed by atoms with van der Waals surface area (Å²) in [6.45, 7) is 5.64. The first-order valence-corrected chi connectivity index (χ1v) is 8.14. The van der Waals surface area contributed by atoms with E-state index in [4.69, 9.17) is 0 Å². The van der Waals surface area contributed by atoms with Gasteiger partial charge in [-0.1, -0.05) is 13.0 Å². The summed E-state index contributed by atoms with van der Waals surface area (Å²) in [6.07, 6.45) is 2.15. The smallest absolute Gasteiger partial charge is 0.275 e. The van der Waals surface area contributed by atoms with E-state index in [0.717, 1.165) is 16.9 Å². The van der Waals surface area contributed by atoms with Gasteiger partial charge in [-0.25, -0.2) is 4.98 Å². The zero-order valence-electron chi connectivity index (χ0n) is 14.5. The number of aryl methyl sites for hydroxylation is 2. The molecule has 1 aromatic carbocycles. The maximum atomic E-state index is 12.5. The number of fused-ring (bicyclic) bond motifs is 1. The normalized spacial score (nSPS) is 10.7. The van der Waals surface area contributed by atoms with Gasteiger partial charge < -0.3 is 15.0 Å². The maximum Gasteiger partial charge on any atom is 0.275 e. The molecule has 3 aromatic rings. The number of rotatable bonds is 4. The van der Waals surface area contributed by atoms with Crippen molar-refractivity contribution in [1.82, 2.24) is 9.38 Å². The lowest BCUT2D eigenvalue weighted by molar-refractivity contribution is -0.115. The minimum Gasteiger partial charge on any atom is -0.326 e. The van der Waals surface area contributed by atoms with Crippen molar-refractivity contribution in [1.29, 1.82) is 0 Å². The molecule has 0 fully saturated rings. The van der Waals surface area contributed by atoms with Crippen molar-refractivity contribution in [2.24, 2.45) is 0 Å². The lowest BCUT2D eigenvalue weighted by Crippen LogP contribution is -2.14. The Morgan fingerprint density at radius 1 is 1.12 bits per heavy atom. The highest BCUT2D eigenvalue weighted by Gasteiger charge is 2.13. The van der Waals surface area contributed by atoms with Gasteiger partial charge in [0.15, 0.2) is 0 Å². The summed E-state index contributed by atoms with van der Waals surface area (Å²) in [4.78, 5) is 28.3. The van der Waals surface area contributed by atoms with Crippen LogP contribution in [0, 0.1) is 13.8 Å². The average Bonchev–Trinajstić information content (AvgIpc) is 3.03. The van der Waals surface area contributed by atoms with Gasteiger partial charge >= 0.3 is 0 Å². The first-order valence-electron chi connectivity index (χ1n) is 8.14. The van der Waals surface area contributed by atoms with Crippen molar-refractivity contribution in [3.8, 4) is 0 Å². The zero-order valence-corrected chi connectivity index (χ0v) is 14.5. The van der Waals surface area contributed by atoms with Crippen LogP contribution >= 0.6 is 0 Å². The third-order valence-corrected chi connectivity index (χ3v) is 4.01. The van der Waals surface area contributed by atoms with E-state index in [1.54, 1.807) is 25.3 Å². The number of imidazole rings is 1. The summed E-state index contributed by atoms with van der Waals surface area (Å²) < 4.78 is 1.88. The van der Waals surface area contributed by atoms with E-state index in [9.17, 15) is 9.59 Å². The number of nitrogens with zero attached hydrogens (tertiary/aromatic N) is 2. The van der Waals surface area contributed by atoms with Gasteiger partial charge in [0.05, 0.1) is 0 Å². The Hall–Kier alpha value is -3.15. The first-order chi connectivity index (χ1) is 12.0. The molecule has 0 saturated heterocycles. The predicted molar refractivity (Wildman–Crippen MR) is 98.0 cm³/mol. The molecule has 25 heavy (non-hydrogen) atoms. The Labute approximate surface area is 145 Å². The first kappa shape index (κ1) is 16.7. The topological polar surface area (TPSA) is 75.5 Å². The molecule has 0 bridgehead atoms. The molecule has 0 aliphatic heterocycles. The molecule has 2 N–H and O–H groups in total. The zero-order chi connectivity index (χ0) is 18.0. The SMILES string of the molecule is CCC(=O)Nc1ccc(NC(=O)c2cn3c(C)cccc3n2)c(C)c1. The molecular weight excluding hydrogens is 316 g/mol. The Bertz CT molecular complexity index is 959. The van der Waals surface area contributed by atoms with E-state index in [1.165, 1.54) is 0 Å². The highest BCUT2D eigenvalue weighted by Crippen LogP contribution is 2.21. The van der Waals surface area contributed by atoms with Crippen LogP contribution in [-0.4, -0.2) is 21.2 Å². The summed E-state index contributed by atoms with van der Waals surface area (Å²) in [5.74, 6) is -0.312. The minimum atomic E-state index is -0.267. The molecule has 0 atom stereocenters. The van der Waals surface area contributed by atoms with Crippen LogP contribution < -0.4 is 10.6 Å². The van der Waals surface area contributed by atoms with Crippen molar-refractivity contribution < 1.29 is 9.59 Å². The summed E-state index contributed by atoms with van der Waals surface area (Å²) in [6, 6.07) is 11.1. The molecule has 0 unspecified atom stereocenters. The number of pyridine rings is 1. The van der Waals surface area contributed by atoms with E-state index in [0.29, 0.717) is 23.5 Å². The number of hydrogen-bond donors (Lipinski definition) is 2. The number of benzene rings is 1. The molecule has 2 amide bonds. The van der Waals surface area contributed by atoms with Crippen LogP contribution in [0.4, 0.5) is 11.4 Å². The molecule has 0 spiro atoms. The average molecular weight is 336 g/mol. The molecular formula is C19H20N4O2. The van der Waals surface area contributed by atoms with Crippen LogP contribution in [0.2, 0.25) is 0 Å². The molecule has 2 heterocycles. The fourth-order valence-electron chi connectivity index (χ4n) is 2.58. The van der Waals surface area contributed by atoms with Gasteiger partial charge in [0.1, 0.15) is 11.3 Å². The summed E-state index contributed by atoms with van der Waals surface area (Å²) in [5.41, 5.74) is 4.37. The lowest BCUT2D eigenvalue weighted by atomic mass is 10.1. The van der Waals surface area contributed by atoms with Gasteiger partial charge in [-0.2, -0.15) is 0 Å². The third kappa shape index (κ3) is 3.52. The van der Waals surface area contributed by atoms with Crippen molar-refractivity contribution in [2.75, 3.05) is 10.6 Å². The van der Waals surface area contributed by atoms with Crippen molar-refractivity contribution in [3.05, 3.63) is 59.5 Å². The van der Waals surface area contributed by atoms with Crippen LogP contribution in [0.15, 0.2) is 42.6 Å². The number of aromatic nitrogens is 2. The van der Waals surface area contributed by atoms with Gasteiger partial charge in [-0.05, 0) is 49.7 Å². The van der Waals surface area contributed by atoms with E-state index < -0.39 is 0 Å². The number of amides is 2. The van der Waals surface area contributed by atoms with Crippen LogP contribution in [0.1, 0.15) is 35.1 Å². The Morgan fingerprint density at radius 3 is 2.60 bits per heavy atom. The fraction of sp³-hybridized carbons (Fsp3) is 0.211. The van der Waals surface area contributed by atoms with Gasteiger partial charge in [-0.3, -0.25) is 9.59 Å². The summed E-state index contributed by atoms with van der Waals surface area (Å²) in [5, 5.41) is 5.68. The lowest BCUT2D eigenvalue weighted by Gasteiger charge is -2.10. The quantitative estimate of drug-likeness (QED) is 0.765. The predicted octanol–water partition coefficient (Wildman–Crippen LogP) is 3.55. The van der Waals surface area contributed by atoms with Gasteiger partial charge in [0.2, 0.25) is 5.91 Å². The van der Waals surface area contributed by atoms with E-state index >= 15 is 0 Å². The van der Waals surface area contributed by atoms with Crippen LogP contribution in [0.25, 0.3) is 5.65 Å². The highest BCUT2D eigenvalue weighted by atomic mass is 16.2. The molecule has 0 aliphatic carbocycles. The Balaban J connectivity index is 1.80. The molecule has 2 aromatic heterocycles. The Morgan fingerprint density at radius 2 is 1.92 bits per heavy atom. The number of nitrogens with one attached hydrogen (secondary N) is 2. The summed E-state index contributed by atoms with van der Waals surface area (Å²) >= 11 is 0.